The van der Waals surface area contributed by atoms with Gasteiger partial charge in [0.15, 0.2) is 0 Å². The molecule has 6 heteroatoms. The fourth-order valence-electron chi connectivity index (χ4n) is 3.13. The number of nitrogens with zero attached hydrogens (tertiary/aromatic N) is 2. The van der Waals surface area contributed by atoms with Gasteiger partial charge in [-0.3, -0.25) is 24.2 Å². The fraction of sp³-hybridized carbons (Fsp3) is 0.0455. The third-order valence-electron chi connectivity index (χ3n) is 4.57. The number of imide groups is 1. The molecule has 138 valence electrons. The van der Waals surface area contributed by atoms with Crippen LogP contribution in [-0.2, 0) is 0 Å². The van der Waals surface area contributed by atoms with Gasteiger partial charge in [-0.2, -0.15) is 0 Å². The molecule has 0 N–H and O–H groups in total. The zero-order valence-corrected chi connectivity index (χ0v) is 14.7. The van der Waals surface area contributed by atoms with Crippen LogP contribution in [-0.4, -0.2) is 29.3 Å². The lowest BCUT2D eigenvalue weighted by molar-refractivity contribution is 0.0650. The summed E-state index contributed by atoms with van der Waals surface area (Å²) < 4.78 is 13.4. The number of fused-ring (bicyclic) bond motifs is 1. The van der Waals surface area contributed by atoms with Crippen LogP contribution in [0.3, 0.4) is 0 Å². The van der Waals surface area contributed by atoms with Crippen LogP contribution >= 0.6 is 0 Å². The highest BCUT2D eigenvalue weighted by Crippen LogP contribution is 2.25. The van der Waals surface area contributed by atoms with Crippen molar-refractivity contribution in [2.24, 2.45) is 0 Å². The van der Waals surface area contributed by atoms with E-state index in [9.17, 15) is 18.8 Å². The van der Waals surface area contributed by atoms with Crippen LogP contribution in [0.4, 0.5) is 10.1 Å². The van der Waals surface area contributed by atoms with Gasteiger partial charge in [0.2, 0.25) is 0 Å². The summed E-state index contributed by atoms with van der Waals surface area (Å²) in [5.74, 6) is -1.78. The van der Waals surface area contributed by atoms with E-state index < -0.39 is 23.5 Å². The summed E-state index contributed by atoms with van der Waals surface area (Å²) in [7, 11) is 0. The number of benzene rings is 3. The van der Waals surface area contributed by atoms with Gasteiger partial charge in [-0.15, -0.1) is 0 Å². The molecule has 0 spiro atoms. The molecular weight excluding hydrogens is 359 g/mol. The second-order valence-corrected chi connectivity index (χ2v) is 6.30. The molecule has 28 heavy (non-hydrogen) atoms. The predicted octanol–water partition coefficient (Wildman–Crippen LogP) is 3.73. The Morgan fingerprint density at radius 3 is 1.89 bits per heavy atom. The Balaban J connectivity index is 1.71. The second-order valence-electron chi connectivity index (χ2n) is 6.30. The van der Waals surface area contributed by atoms with Crippen molar-refractivity contribution < 1.29 is 18.8 Å². The Morgan fingerprint density at radius 2 is 1.32 bits per heavy atom. The van der Waals surface area contributed by atoms with Gasteiger partial charge in [-0.25, -0.2) is 4.39 Å². The molecule has 3 amide bonds. The van der Waals surface area contributed by atoms with E-state index >= 15 is 0 Å². The van der Waals surface area contributed by atoms with Gasteiger partial charge in [0, 0.05) is 11.3 Å². The van der Waals surface area contributed by atoms with Gasteiger partial charge in [-0.1, -0.05) is 30.3 Å². The first kappa shape index (κ1) is 17.6. The predicted molar refractivity (Wildman–Crippen MR) is 101 cm³/mol. The van der Waals surface area contributed by atoms with Crippen molar-refractivity contribution in [2.75, 3.05) is 11.6 Å². The summed E-state index contributed by atoms with van der Waals surface area (Å²) in [5.41, 5.74) is 1.38. The molecule has 0 radical (unpaired) electrons. The average molecular weight is 374 g/mol. The van der Waals surface area contributed by atoms with E-state index in [1.807, 2.05) is 0 Å². The SMILES string of the molecule is O=C1c2ccccc2C(=O)N1CN(C(=O)c1ccccc1)c1ccc(F)cc1. The van der Waals surface area contributed by atoms with Gasteiger partial charge < -0.3 is 0 Å². The van der Waals surface area contributed by atoms with E-state index in [1.165, 1.54) is 29.2 Å². The highest BCUT2D eigenvalue weighted by molar-refractivity contribution is 6.22. The lowest BCUT2D eigenvalue weighted by Crippen LogP contribution is -2.44. The molecule has 0 saturated carbocycles. The van der Waals surface area contributed by atoms with E-state index in [2.05, 4.69) is 0 Å². The van der Waals surface area contributed by atoms with Crippen molar-refractivity contribution >= 4 is 23.4 Å². The standard InChI is InChI=1S/C22H15FN2O3/c23-16-10-12-17(13-11-16)24(20(26)15-6-2-1-3-7-15)14-25-21(27)18-8-4-5-9-19(18)22(25)28/h1-13H,14H2. The lowest BCUT2D eigenvalue weighted by Gasteiger charge is -2.27. The molecular formula is C22H15FN2O3. The molecule has 3 aromatic carbocycles. The minimum absolute atomic E-state index is 0.272. The Hall–Kier alpha value is -3.80. The molecule has 5 nitrogen and oxygen atoms in total. The number of halogens is 1. The second kappa shape index (κ2) is 7.08. The number of hydrogen-bond acceptors (Lipinski definition) is 3. The minimum Gasteiger partial charge on any atom is -0.290 e. The third-order valence-corrected chi connectivity index (χ3v) is 4.57. The molecule has 1 aliphatic rings. The number of hydrogen-bond donors (Lipinski definition) is 0. The minimum atomic E-state index is -0.464. The maximum Gasteiger partial charge on any atom is 0.263 e. The Kier molecular flexibility index (Phi) is 4.45. The van der Waals surface area contributed by atoms with Gasteiger partial charge in [0.05, 0.1) is 11.1 Å². The first-order chi connectivity index (χ1) is 13.6. The van der Waals surface area contributed by atoms with E-state index in [0.29, 0.717) is 22.4 Å². The molecule has 0 aromatic heterocycles. The van der Waals surface area contributed by atoms with E-state index in [4.69, 9.17) is 0 Å². The number of amides is 3. The van der Waals surface area contributed by atoms with Gasteiger partial charge in [-0.05, 0) is 48.5 Å². The number of carbonyl (C=O) groups is 3. The van der Waals surface area contributed by atoms with Crippen LogP contribution in [0.25, 0.3) is 0 Å². The molecule has 0 aliphatic carbocycles. The molecule has 1 aliphatic heterocycles. The molecule has 0 unspecified atom stereocenters. The molecule has 0 saturated heterocycles. The first-order valence-corrected chi connectivity index (χ1v) is 8.64. The normalized spacial score (nSPS) is 12.8. The summed E-state index contributed by atoms with van der Waals surface area (Å²) in [6, 6.07) is 20.4. The van der Waals surface area contributed by atoms with Crippen LogP contribution in [0.5, 0.6) is 0 Å². The van der Waals surface area contributed by atoms with Crippen LogP contribution in [0, 0.1) is 5.82 Å². The number of rotatable bonds is 4. The smallest absolute Gasteiger partial charge is 0.263 e. The van der Waals surface area contributed by atoms with Gasteiger partial charge in [0.1, 0.15) is 12.5 Å². The summed E-state index contributed by atoms with van der Waals surface area (Å²) in [5, 5.41) is 0. The topological polar surface area (TPSA) is 57.7 Å². The zero-order valence-electron chi connectivity index (χ0n) is 14.7. The van der Waals surface area contributed by atoms with Gasteiger partial charge >= 0.3 is 0 Å². The first-order valence-electron chi connectivity index (χ1n) is 8.64. The Bertz CT molecular complexity index is 1030. The largest absolute Gasteiger partial charge is 0.290 e. The van der Waals surface area contributed by atoms with Crippen molar-refractivity contribution in [1.82, 2.24) is 4.90 Å². The van der Waals surface area contributed by atoms with Gasteiger partial charge in [0.25, 0.3) is 17.7 Å². The average Bonchev–Trinajstić information content (AvgIpc) is 2.98. The Morgan fingerprint density at radius 1 is 0.786 bits per heavy atom. The van der Waals surface area contributed by atoms with Crippen molar-refractivity contribution in [1.29, 1.82) is 0 Å². The summed E-state index contributed by atoms with van der Waals surface area (Å²) in [6.45, 7) is -0.272. The van der Waals surface area contributed by atoms with E-state index in [0.717, 1.165) is 4.90 Å². The quantitative estimate of drug-likeness (QED) is 0.654. The molecule has 0 fully saturated rings. The van der Waals surface area contributed by atoms with Crippen molar-refractivity contribution in [3.05, 3.63) is 101 Å². The Labute approximate surface area is 160 Å². The maximum absolute atomic E-state index is 13.4. The molecule has 0 atom stereocenters. The highest BCUT2D eigenvalue weighted by Gasteiger charge is 2.37. The lowest BCUT2D eigenvalue weighted by atomic mass is 10.1. The van der Waals surface area contributed by atoms with Crippen LogP contribution in [0.2, 0.25) is 0 Å². The van der Waals surface area contributed by atoms with Crippen molar-refractivity contribution in [3.63, 3.8) is 0 Å². The van der Waals surface area contributed by atoms with E-state index in [-0.39, 0.29) is 6.67 Å². The molecule has 4 rings (SSSR count). The number of carbonyl (C=O) groups excluding carboxylic acids is 3. The summed E-state index contributed by atoms with van der Waals surface area (Å²) in [6.07, 6.45) is 0. The summed E-state index contributed by atoms with van der Waals surface area (Å²) >= 11 is 0. The number of anilines is 1. The molecule has 0 bridgehead atoms. The van der Waals surface area contributed by atoms with Crippen LogP contribution in [0.1, 0.15) is 31.1 Å². The highest BCUT2D eigenvalue weighted by atomic mass is 19.1. The van der Waals surface area contributed by atoms with Crippen LogP contribution in [0.15, 0.2) is 78.9 Å². The van der Waals surface area contributed by atoms with E-state index in [1.54, 1.807) is 54.6 Å². The fourth-order valence-corrected chi connectivity index (χ4v) is 3.13. The monoisotopic (exact) mass is 374 g/mol. The zero-order chi connectivity index (χ0) is 19.7. The molecule has 1 heterocycles. The molecule has 3 aromatic rings. The maximum atomic E-state index is 13.4. The summed E-state index contributed by atoms with van der Waals surface area (Å²) in [4.78, 5) is 40.8. The van der Waals surface area contributed by atoms with Crippen molar-refractivity contribution in [3.8, 4) is 0 Å². The third kappa shape index (κ3) is 3.05. The van der Waals surface area contributed by atoms with Crippen molar-refractivity contribution in [2.45, 2.75) is 0 Å². The van der Waals surface area contributed by atoms with Crippen LogP contribution < -0.4 is 4.90 Å².